The number of rotatable bonds is 17. The number of ether oxygens (including phenoxy) is 1. The molecular weight excluding hydrogens is 380 g/mol. The van der Waals surface area contributed by atoms with Crippen LogP contribution >= 0.6 is 0 Å². The highest BCUT2D eigenvalue weighted by Crippen LogP contribution is 2.20. The summed E-state index contributed by atoms with van der Waals surface area (Å²) in [4.78, 5) is 9.14. The number of aromatic nitrogens is 2. The Kier molecular flexibility index (Phi) is 13.4. The molecule has 3 nitrogen and oxygen atoms in total. The van der Waals surface area contributed by atoms with Crippen molar-refractivity contribution in [3.8, 4) is 17.1 Å². The Bertz CT molecular complexity index is 707. The molecule has 0 aliphatic rings. The molecule has 0 bridgehead atoms. The van der Waals surface area contributed by atoms with E-state index in [2.05, 4.69) is 36.0 Å². The van der Waals surface area contributed by atoms with Crippen molar-refractivity contribution in [2.75, 3.05) is 6.61 Å². The molecule has 2 aromatic rings. The van der Waals surface area contributed by atoms with Crippen LogP contribution in [0.4, 0.5) is 0 Å². The van der Waals surface area contributed by atoms with E-state index >= 15 is 0 Å². The van der Waals surface area contributed by atoms with Crippen LogP contribution in [0.15, 0.2) is 48.8 Å². The average molecular weight is 423 g/mol. The largest absolute Gasteiger partial charge is 0.493 e. The third-order valence-corrected chi connectivity index (χ3v) is 5.58. The fourth-order valence-corrected chi connectivity index (χ4v) is 3.61. The maximum Gasteiger partial charge on any atom is 0.159 e. The molecule has 170 valence electrons. The highest BCUT2D eigenvalue weighted by atomic mass is 16.5. The van der Waals surface area contributed by atoms with Gasteiger partial charge >= 0.3 is 0 Å². The minimum absolute atomic E-state index is 0.717. The Hall–Kier alpha value is -2.16. The summed E-state index contributed by atoms with van der Waals surface area (Å²) in [6.45, 7) is 5.23. The van der Waals surface area contributed by atoms with Crippen molar-refractivity contribution in [2.24, 2.45) is 0 Å². The monoisotopic (exact) mass is 422 g/mol. The molecule has 0 N–H and O–H groups in total. The maximum atomic E-state index is 5.85. The van der Waals surface area contributed by atoms with Crippen LogP contribution in [-0.4, -0.2) is 16.6 Å². The summed E-state index contributed by atoms with van der Waals surface area (Å²) in [5.41, 5.74) is 2.27. The van der Waals surface area contributed by atoms with Crippen LogP contribution in [0.1, 0.15) is 96.5 Å². The summed E-state index contributed by atoms with van der Waals surface area (Å²) in [5.74, 6) is 1.68. The first-order valence-corrected chi connectivity index (χ1v) is 12.5. The number of unbranched alkanes of at least 4 members (excludes halogenated alkanes) is 9. The van der Waals surface area contributed by atoms with Gasteiger partial charge in [0.05, 0.1) is 6.61 Å². The Balaban J connectivity index is 1.66. The molecule has 0 saturated heterocycles. The highest BCUT2D eigenvalue weighted by Gasteiger charge is 2.03. The fraction of sp³-hybridized carbons (Fsp3) is 0.571. The molecule has 0 aliphatic carbocycles. The molecule has 0 amide bonds. The lowest BCUT2D eigenvalue weighted by molar-refractivity contribution is 0.325. The van der Waals surface area contributed by atoms with E-state index in [1.54, 1.807) is 0 Å². The summed E-state index contributed by atoms with van der Waals surface area (Å²) in [5, 5.41) is 0. The zero-order chi connectivity index (χ0) is 22.0. The smallest absolute Gasteiger partial charge is 0.159 e. The van der Waals surface area contributed by atoms with Crippen LogP contribution in [0.2, 0.25) is 0 Å². The van der Waals surface area contributed by atoms with E-state index in [4.69, 9.17) is 4.74 Å². The Labute approximate surface area is 190 Å². The molecule has 3 heteroatoms. The SMILES string of the molecule is CCCCCC/C=C\CCOc1ccc(-c2ncc(CCCCCCCC)cn2)cc1. The summed E-state index contributed by atoms with van der Waals surface area (Å²) in [7, 11) is 0. The lowest BCUT2D eigenvalue weighted by Gasteiger charge is -2.06. The van der Waals surface area contributed by atoms with E-state index < -0.39 is 0 Å². The molecule has 1 heterocycles. The lowest BCUT2D eigenvalue weighted by Crippen LogP contribution is -1.96. The van der Waals surface area contributed by atoms with Gasteiger partial charge in [0.15, 0.2) is 5.82 Å². The Morgan fingerprint density at radius 2 is 1.32 bits per heavy atom. The van der Waals surface area contributed by atoms with Gasteiger partial charge in [0, 0.05) is 18.0 Å². The number of benzene rings is 1. The first-order chi connectivity index (χ1) is 15.3. The van der Waals surface area contributed by atoms with Crippen molar-refractivity contribution in [2.45, 2.75) is 97.3 Å². The third-order valence-electron chi connectivity index (χ3n) is 5.58. The molecule has 0 unspecified atom stereocenters. The lowest BCUT2D eigenvalue weighted by atomic mass is 10.1. The van der Waals surface area contributed by atoms with Crippen molar-refractivity contribution in [3.63, 3.8) is 0 Å². The Morgan fingerprint density at radius 1 is 0.710 bits per heavy atom. The third kappa shape index (κ3) is 11.1. The number of hydrogen-bond donors (Lipinski definition) is 0. The Morgan fingerprint density at radius 3 is 2.03 bits per heavy atom. The van der Waals surface area contributed by atoms with Crippen LogP contribution in [0.25, 0.3) is 11.4 Å². The van der Waals surface area contributed by atoms with Crippen molar-refractivity contribution >= 4 is 0 Å². The molecule has 0 fully saturated rings. The molecule has 0 saturated carbocycles. The predicted octanol–water partition coefficient (Wildman–Crippen LogP) is 8.34. The minimum atomic E-state index is 0.717. The van der Waals surface area contributed by atoms with Crippen LogP contribution in [0.3, 0.4) is 0 Å². The normalized spacial score (nSPS) is 11.3. The van der Waals surface area contributed by atoms with Gasteiger partial charge in [-0.1, -0.05) is 77.4 Å². The van der Waals surface area contributed by atoms with Crippen LogP contribution in [-0.2, 0) is 6.42 Å². The van der Waals surface area contributed by atoms with Crippen molar-refractivity contribution in [1.82, 2.24) is 9.97 Å². The minimum Gasteiger partial charge on any atom is -0.493 e. The molecule has 0 aliphatic heterocycles. The van der Waals surface area contributed by atoms with Gasteiger partial charge in [0.2, 0.25) is 0 Å². The molecular formula is C28H42N2O. The summed E-state index contributed by atoms with van der Waals surface area (Å²) >= 11 is 0. The molecule has 2 rings (SSSR count). The van der Waals surface area contributed by atoms with Gasteiger partial charge in [-0.15, -0.1) is 0 Å². The summed E-state index contributed by atoms with van der Waals surface area (Å²) in [6.07, 6.45) is 24.9. The first kappa shape index (κ1) is 25.1. The van der Waals surface area contributed by atoms with E-state index in [-0.39, 0.29) is 0 Å². The van der Waals surface area contributed by atoms with Crippen molar-refractivity contribution in [1.29, 1.82) is 0 Å². The zero-order valence-electron chi connectivity index (χ0n) is 19.8. The molecule has 1 aromatic heterocycles. The quantitative estimate of drug-likeness (QED) is 0.190. The second-order valence-electron chi connectivity index (χ2n) is 8.41. The maximum absolute atomic E-state index is 5.85. The van der Waals surface area contributed by atoms with Gasteiger partial charge in [-0.05, 0) is 61.9 Å². The van der Waals surface area contributed by atoms with Crippen molar-refractivity contribution in [3.05, 3.63) is 54.4 Å². The van der Waals surface area contributed by atoms with E-state index in [0.717, 1.165) is 30.0 Å². The highest BCUT2D eigenvalue weighted by molar-refractivity contribution is 5.55. The van der Waals surface area contributed by atoms with E-state index in [9.17, 15) is 0 Å². The van der Waals surface area contributed by atoms with Crippen LogP contribution in [0, 0.1) is 0 Å². The van der Waals surface area contributed by atoms with Gasteiger partial charge in [0.25, 0.3) is 0 Å². The molecule has 31 heavy (non-hydrogen) atoms. The van der Waals surface area contributed by atoms with E-state index in [1.807, 2.05) is 36.7 Å². The second-order valence-corrected chi connectivity index (χ2v) is 8.41. The number of nitrogens with zero attached hydrogens (tertiary/aromatic N) is 2. The molecule has 0 radical (unpaired) electrons. The average Bonchev–Trinajstić information content (AvgIpc) is 2.81. The van der Waals surface area contributed by atoms with Gasteiger partial charge in [-0.2, -0.15) is 0 Å². The zero-order valence-corrected chi connectivity index (χ0v) is 19.8. The van der Waals surface area contributed by atoms with Gasteiger partial charge in [-0.25, -0.2) is 9.97 Å². The van der Waals surface area contributed by atoms with Gasteiger partial charge in [-0.3, -0.25) is 0 Å². The fourth-order valence-electron chi connectivity index (χ4n) is 3.61. The standard InChI is InChI=1S/C28H42N2O/c1-3-5-7-9-11-12-14-16-22-31-27-20-18-26(19-21-27)28-29-23-25(24-30-28)17-15-13-10-8-6-4-2/h12,14,18-21,23-24H,3-11,13,15-17,22H2,1-2H3/b14-12-. The second kappa shape index (κ2) is 16.5. The number of allylic oxidation sites excluding steroid dienone is 1. The van der Waals surface area contributed by atoms with Gasteiger partial charge < -0.3 is 4.74 Å². The van der Waals surface area contributed by atoms with Crippen LogP contribution in [0.5, 0.6) is 5.75 Å². The van der Waals surface area contributed by atoms with Gasteiger partial charge in [0.1, 0.15) is 5.75 Å². The summed E-state index contributed by atoms with van der Waals surface area (Å²) in [6, 6.07) is 8.11. The summed E-state index contributed by atoms with van der Waals surface area (Å²) < 4.78 is 5.85. The number of hydrogen-bond acceptors (Lipinski definition) is 3. The van der Waals surface area contributed by atoms with Crippen LogP contribution < -0.4 is 4.74 Å². The topological polar surface area (TPSA) is 35.0 Å². The number of aryl methyl sites for hydroxylation is 1. The molecule has 0 atom stereocenters. The van der Waals surface area contributed by atoms with Crippen molar-refractivity contribution < 1.29 is 4.74 Å². The van der Waals surface area contributed by atoms with E-state index in [0.29, 0.717) is 6.61 Å². The molecule has 0 spiro atoms. The first-order valence-electron chi connectivity index (χ1n) is 12.5. The molecule has 1 aromatic carbocycles. The predicted molar refractivity (Wildman–Crippen MR) is 133 cm³/mol. The van der Waals surface area contributed by atoms with E-state index in [1.165, 1.54) is 76.2 Å².